The summed E-state index contributed by atoms with van der Waals surface area (Å²) in [5.41, 5.74) is 15.1. The molecular formula is C47H31N3. The smallest absolute Gasteiger partial charge is 0.0963 e. The number of hydrogen-bond donors (Lipinski definition) is 0. The molecule has 0 spiro atoms. The fourth-order valence-electron chi connectivity index (χ4n) is 7.63. The molecule has 234 valence electrons. The summed E-state index contributed by atoms with van der Waals surface area (Å²) in [6.45, 7) is 0. The van der Waals surface area contributed by atoms with Gasteiger partial charge in [-0.15, -0.1) is 0 Å². The summed E-state index contributed by atoms with van der Waals surface area (Å²) in [5, 5.41) is 3.62. The standard InChI is InChI=1S/C47H31N3/c1-3-12-32(13-4-1)34-16-9-18-38(28-34)49-43-21-8-7-20-40(43)42-30-36(24-26-44(42)49)37-23-25-41-46(31-37)50(45-22-11-27-48-47(41)45)39-19-10-17-35(29-39)33-14-5-2-6-15-33/h1-31H. The van der Waals surface area contributed by atoms with E-state index in [1.165, 1.54) is 55.2 Å². The van der Waals surface area contributed by atoms with Crippen molar-refractivity contribution in [3.8, 4) is 44.8 Å². The molecule has 3 heterocycles. The van der Waals surface area contributed by atoms with Crippen molar-refractivity contribution in [2.24, 2.45) is 0 Å². The van der Waals surface area contributed by atoms with E-state index in [4.69, 9.17) is 4.98 Å². The van der Waals surface area contributed by atoms with Gasteiger partial charge < -0.3 is 9.13 Å². The minimum Gasteiger partial charge on any atom is -0.309 e. The lowest BCUT2D eigenvalue weighted by Crippen LogP contribution is -1.95. The molecule has 0 aliphatic rings. The Morgan fingerprint density at radius 2 is 0.840 bits per heavy atom. The van der Waals surface area contributed by atoms with Crippen molar-refractivity contribution in [3.63, 3.8) is 0 Å². The number of nitrogens with zero attached hydrogens (tertiary/aromatic N) is 3. The number of fused-ring (bicyclic) bond motifs is 6. The Labute approximate surface area is 290 Å². The van der Waals surface area contributed by atoms with Crippen LogP contribution in [-0.2, 0) is 0 Å². The minimum atomic E-state index is 1.01. The zero-order valence-electron chi connectivity index (χ0n) is 27.2. The van der Waals surface area contributed by atoms with Gasteiger partial charge in [0.25, 0.3) is 0 Å². The molecule has 10 aromatic rings. The van der Waals surface area contributed by atoms with E-state index in [0.717, 1.165) is 33.3 Å². The molecule has 0 radical (unpaired) electrons. The van der Waals surface area contributed by atoms with E-state index in [-0.39, 0.29) is 0 Å². The summed E-state index contributed by atoms with van der Waals surface area (Å²) < 4.78 is 4.76. The van der Waals surface area contributed by atoms with Crippen LogP contribution in [0.4, 0.5) is 0 Å². The van der Waals surface area contributed by atoms with Crippen LogP contribution >= 0.6 is 0 Å². The Bertz CT molecular complexity index is 2860. The van der Waals surface area contributed by atoms with Crippen LogP contribution in [0.1, 0.15) is 0 Å². The molecule has 0 bridgehead atoms. The Hall–Kier alpha value is -6.71. The van der Waals surface area contributed by atoms with E-state index in [1.807, 2.05) is 12.3 Å². The molecule has 0 saturated heterocycles. The van der Waals surface area contributed by atoms with Crippen LogP contribution in [0.25, 0.3) is 88.5 Å². The minimum absolute atomic E-state index is 1.01. The molecular weight excluding hydrogens is 607 g/mol. The first kappa shape index (κ1) is 28.3. The van der Waals surface area contributed by atoms with Crippen molar-refractivity contribution in [2.75, 3.05) is 0 Å². The van der Waals surface area contributed by atoms with Crippen LogP contribution in [0.5, 0.6) is 0 Å². The second-order valence-electron chi connectivity index (χ2n) is 12.9. The lowest BCUT2D eigenvalue weighted by molar-refractivity contribution is 1.18. The SMILES string of the molecule is c1ccc(-c2cccc(-n3c4ccccc4c4cc(-c5ccc6c7ncccc7n(-c7cccc(-c8ccccc8)c7)c6c5)ccc43)c2)cc1. The van der Waals surface area contributed by atoms with Crippen molar-refractivity contribution in [3.05, 3.63) is 188 Å². The van der Waals surface area contributed by atoms with Gasteiger partial charge >= 0.3 is 0 Å². The van der Waals surface area contributed by atoms with Gasteiger partial charge in [-0.2, -0.15) is 0 Å². The maximum absolute atomic E-state index is 4.85. The normalized spacial score (nSPS) is 11.6. The molecule has 50 heavy (non-hydrogen) atoms. The molecule has 10 rings (SSSR count). The van der Waals surface area contributed by atoms with E-state index in [9.17, 15) is 0 Å². The lowest BCUT2D eigenvalue weighted by Gasteiger charge is -2.12. The van der Waals surface area contributed by atoms with Gasteiger partial charge in [-0.1, -0.05) is 115 Å². The fourth-order valence-corrected chi connectivity index (χ4v) is 7.63. The summed E-state index contributed by atoms with van der Waals surface area (Å²) in [6.07, 6.45) is 1.89. The van der Waals surface area contributed by atoms with Gasteiger partial charge in [0, 0.05) is 33.7 Å². The first-order chi connectivity index (χ1) is 24.8. The van der Waals surface area contributed by atoms with Crippen molar-refractivity contribution in [2.45, 2.75) is 0 Å². The molecule has 0 fully saturated rings. The highest BCUT2D eigenvalue weighted by Crippen LogP contribution is 2.38. The number of para-hydroxylation sites is 1. The predicted molar refractivity (Wildman–Crippen MR) is 209 cm³/mol. The van der Waals surface area contributed by atoms with Gasteiger partial charge in [-0.3, -0.25) is 4.98 Å². The molecule has 0 amide bonds. The summed E-state index contributed by atoms with van der Waals surface area (Å²) in [5.74, 6) is 0. The molecule has 0 aliphatic heterocycles. The lowest BCUT2D eigenvalue weighted by atomic mass is 10.0. The molecule has 3 nitrogen and oxygen atoms in total. The first-order valence-corrected chi connectivity index (χ1v) is 17.0. The Balaban J connectivity index is 1.14. The quantitative estimate of drug-likeness (QED) is 0.184. The predicted octanol–water partition coefficient (Wildman–Crippen LogP) is 12.3. The van der Waals surface area contributed by atoms with E-state index in [2.05, 4.69) is 185 Å². The van der Waals surface area contributed by atoms with Crippen molar-refractivity contribution >= 4 is 43.7 Å². The number of benzene rings is 7. The molecule has 0 atom stereocenters. The third-order valence-electron chi connectivity index (χ3n) is 9.95. The van der Waals surface area contributed by atoms with E-state index < -0.39 is 0 Å². The third-order valence-corrected chi connectivity index (χ3v) is 9.95. The number of rotatable bonds is 5. The number of pyridine rings is 1. The topological polar surface area (TPSA) is 22.8 Å². The largest absolute Gasteiger partial charge is 0.309 e. The van der Waals surface area contributed by atoms with E-state index in [1.54, 1.807) is 0 Å². The van der Waals surface area contributed by atoms with Gasteiger partial charge in [0.05, 0.1) is 27.6 Å². The highest BCUT2D eigenvalue weighted by Gasteiger charge is 2.17. The maximum atomic E-state index is 4.85. The Morgan fingerprint density at radius 1 is 0.300 bits per heavy atom. The second-order valence-corrected chi connectivity index (χ2v) is 12.9. The Kier molecular flexibility index (Phi) is 6.49. The van der Waals surface area contributed by atoms with Gasteiger partial charge in [0.1, 0.15) is 0 Å². The monoisotopic (exact) mass is 637 g/mol. The van der Waals surface area contributed by atoms with E-state index in [0.29, 0.717) is 0 Å². The highest BCUT2D eigenvalue weighted by atomic mass is 15.0. The molecule has 3 aromatic heterocycles. The molecule has 0 N–H and O–H groups in total. The number of hydrogen-bond acceptors (Lipinski definition) is 1. The average Bonchev–Trinajstić information content (AvgIpc) is 3.71. The van der Waals surface area contributed by atoms with Gasteiger partial charge in [0.15, 0.2) is 0 Å². The Morgan fingerprint density at radius 3 is 1.56 bits per heavy atom. The fraction of sp³-hybridized carbons (Fsp3) is 0. The molecule has 0 saturated carbocycles. The number of aromatic nitrogens is 3. The van der Waals surface area contributed by atoms with Gasteiger partial charge in [-0.05, 0) is 100 Å². The zero-order chi connectivity index (χ0) is 33.0. The van der Waals surface area contributed by atoms with Crippen LogP contribution in [0.3, 0.4) is 0 Å². The van der Waals surface area contributed by atoms with Crippen LogP contribution < -0.4 is 0 Å². The average molecular weight is 638 g/mol. The van der Waals surface area contributed by atoms with Crippen LogP contribution in [-0.4, -0.2) is 14.1 Å². The second kappa shape index (κ2) is 11.5. The highest BCUT2D eigenvalue weighted by molar-refractivity contribution is 6.11. The maximum Gasteiger partial charge on any atom is 0.0963 e. The van der Waals surface area contributed by atoms with Crippen molar-refractivity contribution < 1.29 is 0 Å². The summed E-state index contributed by atoms with van der Waals surface area (Å²) in [4.78, 5) is 4.85. The summed E-state index contributed by atoms with van der Waals surface area (Å²) >= 11 is 0. The van der Waals surface area contributed by atoms with Crippen LogP contribution in [0.2, 0.25) is 0 Å². The van der Waals surface area contributed by atoms with Gasteiger partial charge in [-0.25, -0.2) is 0 Å². The van der Waals surface area contributed by atoms with Crippen LogP contribution in [0, 0.1) is 0 Å². The van der Waals surface area contributed by atoms with E-state index >= 15 is 0 Å². The third kappa shape index (κ3) is 4.56. The summed E-state index contributed by atoms with van der Waals surface area (Å²) in [7, 11) is 0. The molecule has 0 aliphatic carbocycles. The van der Waals surface area contributed by atoms with Crippen molar-refractivity contribution in [1.82, 2.24) is 14.1 Å². The first-order valence-electron chi connectivity index (χ1n) is 17.0. The van der Waals surface area contributed by atoms with Crippen LogP contribution in [0.15, 0.2) is 188 Å². The molecule has 7 aromatic carbocycles. The zero-order valence-corrected chi connectivity index (χ0v) is 27.2. The molecule has 0 unspecified atom stereocenters. The molecule has 3 heteroatoms. The van der Waals surface area contributed by atoms with Crippen molar-refractivity contribution in [1.29, 1.82) is 0 Å². The van der Waals surface area contributed by atoms with Gasteiger partial charge in [0.2, 0.25) is 0 Å². The summed E-state index contributed by atoms with van der Waals surface area (Å²) in [6, 6.07) is 65.5.